The molecule has 0 saturated heterocycles. The largest absolute Gasteiger partial charge is 0.468 e. The van der Waals surface area contributed by atoms with Gasteiger partial charge < -0.3 is 9.64 Å². The summed E-state index contributed by atoms with van der Waals surface area (Å²) in [6.07, 6.45) is 1.52. The van der Waals surface area contributed by atoms with Gasteiger partial charge in [0.15, 0.2) is 5.65 Å². The Labute approximate surface area is 122 Å². The van der Waals surface area contributed by atoms with Crippen LogP contribution < -0.4 is 0 Å². The SMILES string of the molecule is CCN(CC(=O)OC)C(=O)c1cnc2cc(C)nn2c1C. The summed E-state index contributed by atoms with van der Waals surface area (Å²) in [7, 11) is 1.30. The smallest absolute Gasteiger partial charge is 0.325 e. The summed E-state index contributed by atoms with van der Waals surface area (Å²) in [6.45, 7) is 5.80. The molecular formula is C14H18N4O3. The molecule has 0 unspecified atom stereocenters. The maximum absolute atomic E-state index is 12.5. The third kappa shape index (κ3) is 2.86. The number of ether oxygens (including phenoxy) is 1. The maximum atomic E-state index is 12.5. The molecule has 0 N–H and O–H groups in total. The lowest BCUT2D eigenvalue weighted by Crippen LogP contribution is -2.36. The number of aryl methyl sites for hydroxylation is 2. The van der Waals surface area contributed by atoms with Crippen LogP contribution in [0.25, 0.3) is 5.65 Å². The van der Waals surface area contributed by atoms with Crippen molar-refractivity contribution in [2.75, 3.05) is 20.2 Å². The molecule has 2 aromatic heterocycles. The van der Waals surface area contributed by atoms with Crippen LogP contribution in [0.1, 0.15) is 28.7 Å². The minimum Gasteiger partial charge on any atom is -0.468 e. The Kier molecular flexibility index (Phi) is 4.21. The molecular weight excluding hydrogens is 272 g/mol. The summed E-state index contributed by atoms with van der Waals surface area (Å²) in [5.74, 6) is -0.713. The summed E-state index contributed by atoms with van der Waals surface area (Å²) in [5.41, 5.74) is 2.65. The molecule has 0 saturated carbocycles. The van der Waals surface area contributed by atoms with Crippen molar-refractivity contribution >= 4 is 17.5 Å². The number of rotatable bonds is 4. The normalized spacial score (nSPS) is 10.7. The number of hydrogen-bond acceptors (Lipinski definition) is 5. The van der Waals surface area contributed by atoms with E-state index in [-0.39, 0.29) is 12.5 Å². The minimum absolute atomic E-state index is 0.0819. The van der Waals surface area contributed by atoms with Crippen LogP contribution in [0.4, 0.5) is 0 Å². The van der Waals surface area contributed by atoms with Gasteiger partial charge in [0.2, 0.25) is 0 Å². The van der Waals surface area contributed by atoms with E-state index in [0.29, 0.717) is 23.4 Å². The molecule has 2 aromatic rings. The van der Waals surface area contributed by atoms with Gasteiger partial charge in [-0.1, -0.05) is 0 Å². The van der Waals surface area contributed by atoms with Crippen molar-refractivity contribution in [2.24, 2.45) is 0 Å². The van der Waals surface area contributed by atoms with Crippen LogP contribution in [-0.4, -0.2) is 51.6 Å². The third-order valence-electron chi connectivity index (χ3n) is 3.29. The predicted octanol–water partition coefficient (Wildman–Crippen LogP) is 0.981. The number of likely N-dealkylation sites (N-methyl/N-ethyl adjacent to an activating group) is 1. The molecule has 0 spiro atoms. The second-order valence-electron chi connectivity index (χ2n) is 4.71. The number of esters is 1. The first-order valence-corrected chi connectivity index (χ1v) is 6.66. The van der Waals surface area contributed by atoms with E-state index in [2.05, 4.69) is 14.8 Å². The molecule has 0 fully saturated rings. The fourth-order valence-electron chi connectivity index (χ4n) is 2.09. The number of hydrogen-bond donors (Lipinski definition) is 0. The van der Waals surface area contributed by atoms with Crippen molar-refractivity contribution in [1.29, 1.82) is 0 Å². The highest BCUT2D eigenvalue weighted by atomic mass is 16.5. The lowest BCUT2D eigenvalue weighted by molar-refractivity contribution is -0.141. The molecule has 21 heavy (non-hydrogen) atoms. The first-order chi connectivity index (χ1) is 9.97. The van der Waals surface area contributed by atoms with Crippen molar-refractivity contribution < 1.29 is 14.3 Å². The van der Waals surface area contributed by atoms with Gasteiger partial charge in [-0.05, 0) is 20.8 Å². The molecule has 0 radical (unpaired) electrons. The molecule has 1 amide bonds. The molecule has 7 heteroatoms. The van der Waals surface area contributed by atoms with Gasteiger partial charge in [0.05, 0.1) is 24.1 Å². The first-order valence-electron chi connectivity index (χ1n) is 6.66. The molecule has 0 aliphatic heterocycles. The molecule has 0 aliphatic carbocycles. The van der Waals surface area contributed by atoms with Crippen molar-refractivity contribution in [2.45, 2.75) is 20.8 Å². The second kappa shape index (κ2) is 5.90. The Morgan fingerprint density at radius 2 is 2.10 bits per heavy atom. The van der Waals surface area contributed by atoms with E-state index in [4.69, 9.17) is 0 Å². The molecule has 0 atom stereocenters. The third-order valence-corrected chi connectivity index (χ3v) is 3.29. The fourth-order valence-corrected chi connectivity index (χ4v) is 2.09. The van der Waals surface area contributed by atoms with Crippen LogP contribution in [0.5, 0.6) is 0 Å². The van der Waals surface area contributed by atoms with E-state index in [0.717, 1.165) is 5.69 Å². The van der Waals surface area contributed by atoms with E-state index < -0.39 is 5.97 Å². The number of amides is 1. The molecule has 0 aromatic carbocycles. The zero-order valence-electron chi connectivity index (χ0n) is 12.6. The Hall–Kier alpha value is -2.44. The van der Waals surface area contributed by atoms with Gasteiger partial charge in [-0.15, -0.1) is 0 Å². The van der Waals surface area contributed by atoms with Crippen molar-refractivity contribution in [3.05, 3.63) is 29.2 Å². The lowest BCUT2D eigenvalue weighted by atomic mass is 10.2. The van der Waals surface area contributed by atoms with Gasteiger partial charge >= 0.3 is 5.97 Å². The summed E-state index contributed by atoms with van der Waals surface area (Å²) in [5, 5.41) is 4.31. The number of aromatic nitrogens is 3. The zero-order valence-corrected chi connectivity index (χ0v) is 12.6. The van der Waals surface area contributed by atoms with Crippen molar-refractivity contribution in [1.82, 2.24) is 19.5 Å². The van der Waals surface area contributed by atoms with Gasteiger partial charge in [-0.2, -0.15) is 5.10 Å². The molecule has 2 heterocycles. The summed E-state index contributed by atoms with van der Waals surface area (Å²) in [6, 6.07) is 1.84. The molecule has 112 valence electrons. The highest BCUT2D eigenvalue weighted by Crippen LogP contribution is 2.13. The van der Waals surface area contributed by atoms with Gasteiger partial charge in [-0.25, -0.2) is 9.50 Å². The van der Waals surface area contributed by atoms with E-state index in [9.17, 15) is 9.59 Å². The van der Waals surface area contributed by atoms with Crippen LogP contribution >= 0.6 is 0 Å². The first kappa shape index (κ1) is 15.0. The quantitative estimate of drug-likeness (QED) is 0.785. The van der Waals surface area contributed by atoms with Gasteiger partial charge in [0, 0.05) is 18.8 Å². The predicted molar refractivity (Wildman–Crippen MR) is 76.1 cm³/mol. The minimum atomic E-state index is -0.452. The van der Waals surface area contributed by atoms with Crippen molar-refractivity contribution in [3.8, 4) is 0 Å². The Morgan fingerprint density at radius 1 is 1.38 bits per heavy atom. The standard InChI is InChI=1S/C14H18N4O3/c1-5-17(8-13(19)21-4)14(20)11-7-15-12-6-9(2)16-18(12)10(11)3/h6-7H,5,8H2,1-4H3. The van der Waals surface area contributed by atoms with Gasteiger partial charge in [0.1, 0.15) is 6.54 Å². The lowest BCUT2D eigenvalue weighted by Gasteiger charge is -2.20. The summed E-state index contributed by atoms with van der Waals surface area (Å²) in [4.78, 5) is 29.6. The van der Waals surface area contributed by atoms with E-state index in [1.165, 1.54) is 18.2 Å². The van der Waals surface area contributed by atoms with E-state index in [1.54, 1.807) is 18.4 Å². The van der Waals surface area contributed by atoms with Crippen LogP contribution in [0, 0.1) is 13.8 Å². The summed E-state index contributed by atoms with van der Waals surface area (Å²) < 4.78 is 6.24. The highest BCUT2D eigenvalue weighted by molar-refractivity contribution is 5.96. The summed E-state index contributed by atoms with van der Waals surface area (Å²) >= 11 is 0. The second-order valence-corrected chi connectivity index (χ2v) is 4.71. The van der Waals surface area contributed by atoms with Crippen LogP contribution in [-0.2, 0) is 9.53 Å². The number of carbonyl (C=O) groups is 2. The average molecular weight is 290 g/mol. The number of methoxy groups -OCH3 is 1. The maximum Gasteiger partial charge on any atom is 0.325 e. The molecule has 2 rings (SSSR count). The zero-order chi connectivity index (χ0) is 15.6. The van der Waals surface area contributed by atoms with Gasteiger partial charge in [0.25, 0.3) is 5.91 Å². The Balaban J connectivity index is 2.37. The number of carbonyl (C=O) groups excluding carboxylic acids is 2. The van der Waals surface area contributed by atoms with Crippen molar-refractivity contribution in [3.63, 3.8) is 0 Å². The monoisotopic (exact) mass is 290 g/mol. The molecule has 0 aliphatic rings. The number of nitrogens with zero attached hydrogens (tertiary/aromatic N) is 4. The van der Waals surface area contributed by atoms with Gasteiger partial charge in [-0.3, -0.25) is 9.59 Å². The number of fused-ring (bicyclic) bond motifs is 1. The van der Waals surface area contributed by atoms with Crippen LogP contribution in [0.15, 0.2) is 12.3 Å². The average Bonchev–Trinajstić information content (AvgIpc) is 2.85. The Bertz CT molecular complexity index is 693. The van der Waals surface area contributed by atoms with E-state index in [1.807, 2.05) is 13.0 Å². The van der Waals surface area contributed by atoms with E-state index >= 15 is 0 Å². The van der Waals surface area contributed by atoms with Crippen LogP contribution in [0.3, 0.4) is 0 Å². The van der Waals surface area contributed by atoms with Crippen LogP contribution in [0.2, 0.25) is 0 Å². The fraction of sp³-hybridized carbons (Fsp3) is 0.429. The topological polar surface area (TPSA) is 76.8 Å². The molecule has 0 bridgehead atoms. The Morgan fingerprint density at radius 3 is 2.71 bits per heavy atom. The highest BCUT2D eigenvalue weighted by Gasteiger charge is 2.21. The molecule has 7 nitrogen and oxygen atoms in total.